The molecular formula is C13H17N3O4. The van der Waals surface area contributed by atoms with Gasteiger partial charge in [-0.15, -0.1) is 0 Å². The molecule has 1 amide bonds. The minimum atomic E-state index is -0.413. The first-order valence-electron chi connectivity index (χ1n) is 6.45. The largest absolute Gasteiger partial charge is 0.472 e. The summed E-state index contributed by atoms with van der Waals surface area (Å²) in [6.07, 6.45) is 3.83. The Morgan fingerprint density at radius 3 is 3.10 bits per heavy atom. The molecule has 2 N–H and O–H groups in total. The lowest BCUT2D eigenvalue weighted by molar-refractivity contribution is -0.121. The highest BCUT2D eigenvalue weighted by atomic mass is 16.5. The predicted octanol–water partition coefficient (Wildman–Crippen LogP) is 1.15. The van der Waals surface area contributed by atoms with Crippen molar-refractivity contribution in [2.75, 3.05) is 6.54 Å². The summed E-state index contributed by atoms with van der Waals surface area (Å²) in [5.74, 6) is 0.754. The number of amides is 1. The molecule has 0 aliphatic carbocycles. The van der Waals surface area contributed by atoms with E-state index in [0.29, 0.717) is 31.1 Å². The van der Waals surface area contributed by atoms with Crippen molar-refractivity contribution in [2.45, 2.75) is 32.3 Å². The molecule has 0 saturated heterocycles. The van der Waals surface area contributed by atoms with Gasteiger partial charge in [0.2, 0.25) is 17.6 Å². The van der Waals surface area contributed by atoms with Crippen LogP contribution >= 0.6 is 0 Å². The van der Waals surface area contributed by atoms with E-state index in [1.165, 1.54) is 12.5 Å². The van der Waals surface area contributed by atoms with Crippen LogP contribution in [-0.2, 0) is 11.2 Å². The van der Waals surface area contributed by atoms with Crippen LogP contribution in [0.15, 0.2) is 27.5 Å². The van der Waals surface area contributed by atoms with Gasteiger partial charge in [-0.25, -0.2) is 0 Å². The predicted molar refractivity (Wildman–Crippen MR) is 69.6 cm³/mol. The van der Waals surface area contributed by atoms with Crippen molar-refractivity contribution >= 4 is 5.91 Å². The van der Waals surface area contributed by atoms with Gasteiger partial charge in [-0.05, 0) is 19.4 Å². The van der Waals surface area contributed by atoms with Gasteiger partial charge in [-0.2, -0.15) is 4.98 Å². The van der Waals surface area contributed by atoms with E-state index in [0.717, 1.165) is 5.56 Å². The van der Waals surface area contributed by atoms with Gasteiger partial charge in [-0.1, -0.05) is 5.16 Å². The summed E-state index contributed by atoms with van der Waals surface area (Å²) in [6, 6.07) is 1.73. The van der Waals surface area contributed by atoms with E-state index < -0.39 is 6.10 Å². The van der Waals surface area contributed by atoms with Gasteiger partial charge in [0, 0.05) is 19.4 Å². The third-order valence-electron chi connectivity index (χ3n) is 2.70. The van der Waals surface area contributed by atoms with Gasteiger partial charge in [0.1, 0.15) is 6.26 Å². The molecule has 0 radical (unpaired) electrons. The van der Waals surface area contributed by atoms with Crippen molar-refractivity contribution < 1.29 is 18.8 Å². The molecule has 20 heavy (non-hydrogen) atoms. The van der Waals surface area contributed by atoms with Crippen molar-refractivity contribution in [1.29, 1.82) is 0 Å². The fraction of sp³-hybridized carbons (Fsp3) is 0.462. The number of aliphatic hydroxyl groups excluding tert-OH is 1. The van der Waals surface area contributed by atoms with Gasteiger partial charge < -0.3 is 19.4 Å². The number of aliphatic hydroxyl groups is 1. The molecule has 0 saturated carbocycles. The Morgan fingerprint density at radius 1 is 1.55 bits per heavy atom. The Morgan fingerprint density at radius 2 is 2.40 bits per heavy atom. The maximum Gasteiger partial charge on any atom is 0.227 e. The highest BCUT2D eigenvalue weighted by molar-refractivity contribution is 5.75. The van der Waals surface area contributed by atoms with Crippen LogP contribution in [0.2, 0.25) is 0 Å². The molecule has 0 aliphatic heterocycles. The summed E-state index contributed by atoms with van der Waals surface area (Å²) in [7, 11) is 0. The Labute approximate surface area is 116 Å². The molecule has 7 heteroatoms. The number of nitrogens with one attached hydrogen (secondary N) is 1. The minimum absolute atomic E-state index is 0.103. The van der Waals surface area contributed by atoms with Crippen LogP contribution in [0.5, 0.6) is 0 Å². The lowest BCUT2D eigenvalue weighted by Gasteiger charge is -2.05. The fourth-order valence-corrected chi connectivity index (χ4v) is 1.59. The molecule has 0 aromatic carbocycles. The molecular weight excluding hydrogens is 262 g/mol. The maximum absolute atomic E-state index is 11.5. The first-order chi connectivity index (χ1) is 9.65. The van der Waals surface area contributed by atoms with Crippen LogP contribution in [0.3, 0.4) is 0 Å². The van der Waals surface area contributed by atoms with E-state index >= 15 is 0 Å². The number of furan rings is 1. The second kappa shape index (κ2) is 6.85. The van der Waals surface area contributed by atoms with Gasteiger partial charge in [0.25, 0.3) is 0 Å². The molecule has 0 aliphatic rings. The molecule has 2 rings (SSSR count). The molecule has 1 unspecified atom stereocenters. The number of hydrogen-bond donors (Lipinski definition) is 2. The SMILES string of the molecule is CC(O)CCNC(=O)CCc1nc(-c2ccoc2)no1. The lowest BCUT2D eigenvalue weighted by Crippen LogP contribution is -2.26. The average Bonchev–Trinajstić information content (AvgIpc) is 3.06. The van der Waals surface area contributed by atoms with Crippen molar-refractivity contribution in [3.8, 4) is 11.4 Å². The molecule has 108 valence electrons. The number of rotatable bonds is 7. The van der Waals surface area contributed by atoms with E-state index in [-0.39, 0.29) is 12.3 Å². The number of carbonyl (C=O) groups is 1. The number of hydrogen-bond acceptors (Lipinski definition) is 6. The van der Waals surface area contributed by atoms with E-state index in [2.05, 4.69) is 15.5 Å². The standard InChI is InChI=1S/C13H17N3O4/c1-9(17)4-6-14-11(18)2-3-12-15-13(16-20-12)10-5-7-19-8-10/h5,7-9,17H,2-4,6H2,1H3,(H,14,18). The fourth-order valence-electron chi connectivity index (χ4n) is 1.59. The Hall–Kier alpha value is -2.15. The smallest absolute Gasteiger partial charge is 0.227 e. The minimum Gasteiger partial charge on any atom is -0.472 e. The summed E-state index contributed by atoms with van der Waals surface area (Å²) in [5, 5.41) is 15.6. The summed E-state index contributed by atoms with van der Waals surface area (Å²) in [5.41, 5.74) is 0.737. The third-order valence-corrected chi connectivity index (χ3v) is 2.70. The van der Waals surface area contributed by atoms with Crippen molar-refractivity contribution in [2.24, 2.45) is 0 Å². The Kier molecular flexibility index (Phi) is 4.89. The summed E-state index contributed by atoms with van der Waals surface area (Å²) >= 11 is 0. The molecule has 1 atom stereocenters. The number of aryl methyl sites for hydroxylation is 1. The molecule has 7 nitrogen and oxygen atoms in total. The van der Waals surface area contributed by atoms with Crippen LogP contribution in [0.25, 0.3) is 11.4 Å². The molecule has 2 aromatic heterocycles. The van der Waals surface area contributed by atoms with Gasteiger partial charge >= 0.3 is 0 Å². The maximum atomic E-state index is 11.5. The summed E-state index contributed by atoms with van der Waals surface area (Å²) < 4.78 is 9.99. The van der Waals surface area contributed by atoms with Crippen molar-refractivity contribution in [1.82, 2.24) is 15.5 Å². The molecule has 0 spiro atoms. The van der Waals surface area contributed by atoms with Gasteiger partial charge in [-0.3, -0.25) is 4.79 Å². The lowest BCUT2D eigenvalue weighted by atomic mass is 10.2. The molecule has 0 fully saturated rings. The third kappa shape index (κ3) is 4.20. The van der Waals surface area contributed by atoms with E-state index in [1.54, 1.807) is 13.0 Å². The number of carbonyl (C=O) groups excluding carboxylic acids is 1. The molecule has 2 aromatic rings. The van der Waals surface area contributed by atoms with E-state index in [4.69, 9.17) is 14.0 Å². The Bertz CT molecular complexity index is 534. The zero-order valence-corrected chi connectivity index (χ0v) is 11.2. The number of aromatic nitrogens is 2. The number of nitrogens with zero attached hydrogens (tertiary/aromatic N) is 2. The first-order valence-corrected chi connectivity index (χ1v) is 6.45. The average molecular weight is 279 g/mol. The zero-order valence-electron chi connectivity index (χ0n) is 11.2. The first kappa shape index (κ1) is 14.3. The van der Waals surface area contributed by atoms with Crippen molar-refractivity contribution in [3.63, 3.8) is 0 Å². The highest BCUT2D eigenvalue weighted by Crippen LogP contribution is 2.16. The normalized spacial score (nSPS) is 12.3. The van der Waals surface area contributed by atoms with E-state index in [1.807, 2.05) is 0 Å². The molecule has 0 bridgehead atoms. The second-order valence-electron chi connectivity index (χ2n) is 4.51. The van der Waals surface area contributed by atoms with Gasteiger partial charge in [0.05, 0.1) is 17.9 Å². The quantitative estimate of drug-likeness (QED) is 0.788. The topological polar surface area (TPSA) is 101 Å². The van der Waals surface area contributed by atoms with Crippen molar-refractivity contribution in [3.05, 3.63) is 24.5 Å². The zero-order chi connectivity index (χ0) is 14.4. The summed E-state index contributed by atoms with van der Waals surface area (Å²) in [4.78, 5) is 15.7. The van der Waals surface area contributed by atoms with Crippen LogP contribution in [0.4, 0.5) is 0 Å². The summed E-state index contributed by atoms with van der Waals surface area (Å²) in [6.45, 7) is 2.14. The van der Waals surface area contributed by atoms with Crippen LogP contribution in [0.1, 0.15) is 25.7 Å². The monoisotopic (exact) mass is 279 g/mol. The van der Waals surface area contributed by atoms with Gasteiger partial charge in [0.15, 0.2) is 0 Å². The van der Waals surface area contributed by atoms with Crippen LogP contribution in [0, 0.1) is 0 Å². The molecule has 2 heterocycles. The van der Waals surface area contributed by atoms with E-state index in [9.17, 15) is 4.79 Å². The second-order valence-corrected chi connectivity index (χ2v) is 4.51. The van der Waals surface area contributed by atoms with Crippen LogP contribution < -0.4 is 5.32 Å². The highest BCUT2D eigenvalue weighted by Gasteiger charge is 2.11. The van der Waals surface area contributed by atoms with Crippen LogP contribution in [-0.4, -0.2) is 33.8 Å². The Balaban J connectivity index is 1.75.